The SMILES string of the molecule is COc1ccc(OC)c(Nc2nc(CCC(=O)O)co2)c1. The second-order valence-electron chi connectivity index (χ2n) is 4.23. The van der Waals surface area contributed by atoms with Crippen molar-refractivity contribution in [2.45, 2.75) is 12.8 Å². The molecule has 112 valence electrons. The Hall–Kier alpha value is -2.70. The van der Waals surface area contributed by atoms with E-state index in [1.807, 2.05) is 0 Å². The fourth-order valence-corrected chi connectivity index (χ4v) is 1.74. The maximum absolute atomic E-state index is 10.5. The highest BCUT2D eigenvalue weighted by Crippen LogP contribution is 2.31. The van der Waals surface area contributed by atoms with Crippen molar-refractivity contribution in [2.75, 3.05) is 19.5 Å². The number of aliphatic carboxylic acids is 1. The van der Waals surface area contributed by atoms with Crippen molar-refractivity contribution in [1.29, 1.82) is 0 Å². The summed E-state index contributed by atoms with van der Waals surface area (Å²) in [7, 11) is 3.13. The second kappa shape index (κ2) is 6.65. The number of oxazole rings is 1. The van der Waals surface area contributed by atoms with Crippen LogP contribution in [-0.4, -0.2) is 30.3 Å². The number of carboxylic acids is 1. The van der Waals surface area contributed by atoms with Crippen molar-refractivity contribution in [2.24, 2.45) is 0 Å². The van der Waals surface area contributed by atoms with E-state index in [1.165, 1.54) is 6.26 Å². The van der Waals surface area contributed by atoms with Crippen LogP contribution < -0.4 is 14.8 Å². The van der Waals surface area contributed by atoms with Gasteiger partial charge in [-0.25, -0.2) is 0 Å². The highest BCUT2D eigenvalue weighted by Gasteiger charge is 2.10. The van der Waals surface area contributed by atoms with Gasteiger partial charge in [0, 0.05) is 12.5 Å². The van der Waals surface area contributed by atoms with Gasteiger partial charge in [0.05, 0.1) is 32.0 Å². The first-order chi connectivity index (χ1) is 10.1. The van der Waals surface area contributed by atoms with Crippen LogP contribution in [0.2, 0.25) is 0 Å². The molecule has 0 bridgehead atoms. The zero-order valence-corrected chi connectivity index (χ0v) is 11.8. The van der Waals surface area contributed by atoms with E-state index in [9.17, 15) is 4.79 Å². The van der Waals surface area contributed by atoms with Gasteiger partial charge in [0.2, 0.25) is 0 Å². The van der Waals surface area contributed by atoms with Crippen molar-refractivity contribution < 1.29 is 23.8 Å². The van der Waals surface area contributed by atoms with Crippen molar-refractivity contribution in [3.05, 3.63) is 30.2 Å². The molecule has 21 heavy (non-hydrogen) atoms. The number of benzene rings is 1. The predicted octanol–water partition coefficient (Wildman–Crippen LogP) is 2.45. The quantitative estimate of drug-likeness (QED) is 0.809. The third kappa shape index (κ3) is 3.88. The fraction of sp³-hybridized carbons (Fsp3) is 0.286. The Morgan fingerprint density at radius 1 is 1.38 bits per heavy atom. The third-order valence-electron chi connectivity index (χ3n) is 2.79. The largest absolute Gasteiger partial charge is 0.497 e. The summed E-state index contributed by atoms with van der Waals surface area (Å²) in [6.45, 7) is 0. The molecule has 0 aliphatic carbocycles. The van der Waals surface area contributed by atoms with Gasteiger partial charge in [-0.3, -0.25) is 4.79 Å². The molecule has 7 nitrogen and oxygen atoms in total. The first kappa shape index (κ1) is 14.7. The highest BCUT2D eigenvalue weighted by atomic mass is 16.5. The molecule has 2 N–H and O–H groups in total. The molecule has 1 aromatic carbocycles. The molecule has 0 saturated heterocycles. The highest BCUT2D eigenvalue weighted by molar-refractivity contribution is 5.67. The molecular formula is C14H16N2O5. The number of ether oxygens (including phenoxy) is 2. The zero-order chi connectivity index (χ0) is 15.2. The van der Waals surface area contributed by atoms with Gasteiger partial charge in [-0.1, -0.05) is 0 Å². The predicted molar refractivity (Wildman–Crippen MR) is 75.3 cm³/mol. The summed E-state index contributed by atoms with van der Waals surface area (Å²) >= 11 is 0. The van der Waals surface area contributed by atoms with Crippen molar-refractivity contribution in [1.82, 2.24) is 4.98 Å². The van der Waals surface area contributed by atoms with Gasteiger partial charge in [-0.2, -0.15) is 4.98 Å². The number of methoxy groups -OCH3 is 2. The Labute approximate surface area is 121 Å². The van der Waals surface area contributed by atoms with Crippen LogP contribution in [-0.2, 0) is 11.2 Å². The van der Waals surface area contributed by atoms with Crippen molar-refractivity contribution in [3.8, 4) is 11.5 Å². The standard InChI is InChI=1S/C14H16N2O5/c1-19-10-4-5-12(20-2)11(7-10)16-14-15-9(8-21-14)3-6-13(17)18/h4-5,7-8H,3,6H2,1-2H3,(H,15,16)(H,17,18). The lowest BCUT2D eigenvalue weighted by atomic mass is 10.2. The number of aromatic nitrogens is 1. The summed E-state index contributed by atoms with van der Waals surface area (Å²) in [6, 6.07) is 5.55. The Morgan fingerprint density at radius 3 is 2.86 bits per heavy atom. The number of nitrogens with one attached hydrogen (secondary N) is 1. The number of rotatable bonds is 7. The Balaban J connectivity index is 2.12. The number of anilines is 2. The van der Waals surface area contributed by atoms with Gasteiger partial charge >= 0.3 is 5.97 Å². The van der Waals surface area contributed by atoms with E-state index >= 15 is 0 Å². The van der Waals surface area contributed by atoms with Crippen LogP contribution in [0.1, 0.15) is 12.1 Å². The maximum atomic E-state index is 10.5. The minimum Gasteiger partial charge on any atom is -0.497 e. The molecule has 0 unspecified atom stereocenters. The van der Waals surface area contributed by atoms with Gasteiger partial charge in [0.1, 0.15) is 17.8 Å². The van der Waals surface area contributed by atoms with E-state index in [1.54, 1.807) is 32.4 Å². The molecule has 0 fully saturated rings. The van der Waals surface area contributed by atoms with Crippen LogP contribution in [0.5, 0.6) is 11.5 Å². The van der Waals surface area contributed by atoms with E-state index in [0.717, 1.165) is 0 Å². The van der Waals surface area contributed by atoms with Crippen molar-refractivity contribution >= 4 is 17.7 Å². The summed E-state index contributed by atoms with van der Waals surface area (Å²) in [6.07, 6.45) is 1.75. The van der Waals surface area contributed by atoms with Crippen molar-refractivity contribution in [3.63, 3.8) is 0 Å². The number of aryl methyl sites for hydroxylation is 1. The van der Waals surface area contributed by atoms with E-state index in [4.69, 9.17) is 19.0 Å². The van der Waals surface area contributed by atoms with E-state index in [-0.39, 0.29) is 12.4 Å². The van der Waals surface area contributed by atoms with Gasteiger partial charge in [-0.05, 0) is 12.1 Å². The maximum Gasteiger partial charge on any atom is 0.303 e. The Morgan fingerprint density at radius 2 is 2.19 bits per heavy atom. The average molecular weight is 292 g/mol. The minimum atomic E-state index is -0.873. The molecule has 0 spiro atoms. The van der Waals surface area contributed by atoms with Crippen LogP contribution in [0.25, 0.3) is 0 Å². The molecule has 7 heteroatoms. The summed E-state index contributed by atoms with van der Waals surface area (Å²) in [4.78, 5) is 14.7. The van der Waals surface area contributed by atoms with Crippen LogP contribution in [0.3, 0.4) is 0 Å². The zero-order valence-electron chi connectivity index (χ0n) is 11.8. The smallest absolute Gasteiger partial charge is 0.303 e. The van der Waals surface area contributed by atoms with Crippen LogP contribution in [0.15, 0.2) is 28.9 Å². The molecule has 0 radical (unpaired) electrons. The van der Waals surface area contributed by atoms with Crippen LogP contribution in [0.4, 0.5) is 11.7 Å². The molecule has 1 heterocycles. The summed E-state index contributed by atoms with van der Waals surface area (Å²) < 4.78 is 15.7. The first-order valence-electron chi connectivity index (χ1n) is 6.27. The number of hydrogen-bond donors (Lipinski definition) is 2. The number of hydrogen-bond acceptors (Lipinski definition) is 6. The molecule has 0 saturated carbocycles. The lowest BCUT2D eigenvalue weighted by Crippen LogP contribution is -1.98. The lowest BCUT2D eigenvalue weighted by molar-refractivity contribution is -0.136. The Kier molecular flexibility index (Phi) is 4.65. The topological polar surface area (TPSA) is 93.8 Å². The van der Waals surface area contributed by atoms with Gasteiger partial charge < -0.3 is 24.3 Å². The summed E-state index contributed by atoms with van der Waals surface area (Å²) in [5, 5.41) is 11.6. The fourth-order valence-electron chi connectivity index (χ4n) is 1.74. The molecule has 0 atom stereocenters. The molecule has 1 aromatic heterocycles. The van der Waals surface area contributed by atoms with E-state index in [2.05, 4.69) is 10.3 Å². The number of carboxylic acid groups (broad SMARTS) is 1. The second-order valence-corrected chi connectivity index (χ2v) is 4.23. The molecule has 2 rings (SSSR count). The monoisotopic (exact) mass is 292 g/mol. The van der Waals surface area contributed by atoms with Crippen LogP contribution >= 0.6 is 0 Å². The van der Waals surface area contributed by atoms with E-state index in [0.29, 0.717) is 29.3 Å². The normalized spacial score (nSPS) is 10.2. The summed E-state index contributed by atoms with van der Waals surface area (Å²) in [5.41, 5.74) is 1.21. The first-order valence-corrected chi connectivity index (χ1v) is 6.27. The molecule has 0 aliphatic heterocycles. The molecular weight excluding hydrogens is 276 g/mol. The molecule has 2 aromatic rings. The Bertz CT molecular complexity index is 624. The number of carbonyl (C=O) groups is 1. The van der Waals surface area contributed by atoms with Gasteiger partial charge in [0.15, 0.2) is 0 Å². The van der Waals surface area contributed by atoms with Gasteiger partial charge in [0.25, 0.3) is 6.01 Å². The van der Waals surface area contributed by atoms with E-state index < -0.39 is 5.97 Å². The molecule has 0 amide bonds. The molecule has 0 aliphatic rings. The lowest BCUT2D eigenvalue weighted by Gasteiger charge is -2.10. The summed E-state index contributed by atoms with van der Waals surface area (Å²) in [5.74, 6) is 0.402. The minimum absolute atomic E-state index is 0.00839. The van der Waals surface area contributed by atoms with Gasteiger partial charge in [-0.15, -0.1) is 0 Å². The average Bonchev–Trinajstić information content (AvgIpc) is 2.92. The number of nitrogens with zero attached hydrogens (tertiary/aromatic N) is 1. The third-order valence-corrected chi connectivity index (χ3v) is 2.79. The van der Waals surface area contributed by atoms with Crippen LogP contribution in [0, 0.1) is 0 Å².